The van der Waals surface area contributed by atoms with E-state index in [0.717, 1.165) is 17.1 Å². The number of benzene rings is 1. The van der Waals surface area contributed by atoms with Crippen molar-refractivity contribution < 1.29 is 9.47 Å². The molecule has 0 unspecified atom stereocenters. The Kier molecular flexibility index (Phi) is 4.64. The van der Waals surface area contributed by atoms with Gasteiger partial charge < -0.3 is 19.7 Å². The van der Waals surface area contributed by atoms with Crippen molar-refractivity contribution in [3.8, 4) is 11.4 Å². The molecule has 2 saturated heterocycles. The van der Waals surface area contributed by atoms with Crippen LogP contribution in [0.4, 0.5) is 5.69 Å². The van der Waals surface area contributed by atoms with E-state index in [2.05, 4.69) is 51.7 Å². The fraction of sp³-hybridized carbons (Fsp3) is 0.611. The van der Waals surface area contributed by atoms with Gasteiger partial charge in [0, 0.05) is 31.4 Å². The lowest BCUT2D eigenvalue weighted by molar-refractivity contribution is 0.0620. The van der Waals surface area contributed by atoms with Crippen LogP contribution in [-0.4, -0.2) is 71.8 Å². The van der Waals surface area contributed by atoms with Crippen LogP contribution in [0.5, 0.6) is 0 Å². The predicted molar refractivity (Wildman–Crippen MR) is 98.2 cm³/mol. The van der Waals surface area contributed by atoms with Gasteiger partial charge in [-0.1, -0.05) is 13.8 Å². The van der Waals surface area contributed by atoms with Gasteiger partial charge in [-0.3, -0.25) is 0 Å². The lowest BCUT2D eigenvalue weighted by Gasteiger charge is -2.20. The van der Waals surface area contributed by atoms with Gasteiger partial charge in [-0.25, -0.2) is 4.68 Å². The summed E-state index contributed by atoms with van der Waals surface area (Å²) in [6.45, 7) is 5.48. The van der Waals surface area contributed by atoms with E-state index in [1.54, 1.807) is 0 Å². The second kappa shape index (κ2) is 6.94. The van der Waals surface area contributed by atoms with Crippen LogP contribution in [0.25, 0.3) is 11.4 Å². The molecular formula is C18H26N6O2. The smallest absolute Gasteiger partial charge is 0.182 e. The molecule has 1 N–H and O–H groups in total. The molecule has 0 bridgehead atoms. The molecule has 0 radical (unpaired) electrons. The Bertz CT molecular complexity index is 744. The fourth-order valence-electron chi connectivity index (χ4n) is 3.78. The van der Waals surface area contributed by atoms with Crippen molar-refractivity contribution >= 4 is 5.69 Å². The average Bonchev–Trinajstić information content (AvgIpc) is 3.31. The number of hydrogen-bond donors (Lipinski definition) is 1. The predicted octanol–water partition coefficient (Wildman–Crippen LogP) is 1.11. The minimum Gasteiger partial charge on any atom is -0.378 e. The first-order valence-corrected chi connectivity index (χ1v) is 9.09. The van der Waals surface area contributed by atoms with Crippen LogP contribution < -0.4 is 10.2 Å². The first-order valence-electron chi connectivity index (χ1n) is 9.09. The summed E-state index contributed by atoms with van der Waals surface area (Å²) < 4.78 is 14.0. The molecule has 0 spiro atoms. The summed E-state index contributed by atoms with van der Waals surface area (Å²) in [4.78, 5) is 2.07. The van der Waals surface area contributed by atoms with E-state index in [-0.39, 0.29) is 24.3 Å². The lowest BCUT2D eigenvalue weighted by atomic mass is 10.1. The Morgan fingerprint density at radius 2 is 1.85 bits per heavy atom. The Morgan fingerprint density at radius 1 is 1.12 bits per heavy atom. The molecule has 8 nitrogen and oxygen atoms in total. The molecule has 140 valence electrons. The van der Waals surface area contributed by atoms with Crippen molar-refractivity contribution in [2.24, 2.45) is 0 Å². The molecule has 3 heterocycles. The molecule has 0 saturated carbocycles. The van der Waals surface area contributed by atoms with Crippen LogP contribution in [-0.2, 0) is 9.47 Å². The summed E-state index contributed by atoms with van der Waals surface area (Å²) in [7, 11) is 4.04. The summed E-state index contributed by atoms with van der Waals surface area (Å²) in [6.07, 6.45) is 0.00474. The third-order valence-electron chi connectivity index (χ3n) is 5.02. The highest BCUT2D eigenvalue weighted by Crippen LogP contribution is 2.35. The fourth-order valence-corrected chi connectivity index (χ4v) is 3.78. The zero-order chi connectivity index (χ0) is 18.3. The van der Waals surface area contributed by atoms with Gasteiger partial charge in [-0.05, 0) is 34.7 Å². The Labute approximate surface area is 153 Å². The molecular weight excluding hydrogens is 332 g/mol. The maximum Gasteiger partial charge on any atom is 0.182 e. The minimum atomic E-state index is -0.0328. The van der Waals surface area contributed by atoms with Crippen LogP contribution in [0.1, 0.15) is 19.9 Å². The van der Waals surface area contributed by atoms with Crippen molar-refractivity contribution in [2.75, 3.05) is 32.2 Å². The number of rotatable bonds is 5. The third kappa shape index (κ3) is 3.08. The number of hydrogen-bond acceptors (Lipinski definition) is 7. The maximum atomic E-state index is 6.06. The van der Waals surface area contributed by atoms with E-state index in [1.807, 2.05) is 30.9 Å². The van der Waals surface area contributed by atoms with E-state index in [0.29, 0.717) is 19.3 Å². The molecule has 4 rings (SSSR count). The second-order valence-electron chi connectivity index (χ2n) is 7.48. The Morgan fingerprint density at radius 3 is 2.54 bits per heavy atom. The van der Waals surface area contributed by atoms with Crippen molar-refractivity contribution in [3.05, 3.63) is 24.3 Å². The van der Waals surface area contributed by atoms with E-state index >= 15 is 0 Å². The number of nitrogens with one attached hydrogen (secondary N) is 1. The van der Waals surface area contributed by atoms with Gasteiger partial charge in [0.15, 0.2) is 5.82 Å². The van der Waals surface area contributed by atoms with Crippen molar-refractivity contribution in [1.29, 1.82) is 0 Å². The van der Waals surface area contributed by atoms with Gasteiger partial charge >= 0.3 is 0 Å². The minimum absolute atomic E-state index is 0.0162. The molecule has 0 aliphatic carbocycles. The van der Waals surface area contributed by atoms with Crippen LogP contribution in [0, 0.1) is 0 Å². The van der Waals surface area contributed by atoms with Gasteiger partial charge in [-0.2, -0.15) is 0 Å². The molecule has 2 aliphatic heterocycles. The molecule has 26 heavy (non-hydrogen) atoms. The highest BCUT2D eigenvalue weighted by atomic mass is 16.6. The molecule has 2 aromatic rings. The summed E-state index contributed by atoms with van der Waals surface area (Å²) in [5.74, 6) is 0.744. The highest BCUT2D eigenvalue weighted by Gasteiger charge is 2.49. The number of anilines is 1. The van der Waals surface area contributed by atoms with Gasteiger partial charge in [0.1, 0.15) is 18.2 Å². The topological polar surface area (TPSA) is 77.3 Å². The molecule has 4 atom stereocenters. The molecule has 8 heteroatoms. The standard InChI is InChI=1S/C18H26N6O2/c1-11(2)19-14-9-25-17-15(10-26-16(14)17)24-18(20-21-22-24)12-5-7-13(8-6-12)23(3)4/h5-8,11,14-17,19H,9-10H2,1-4H3/t14-,15+,16-,17+/m1/s1. The van der Waals surface area contributed by atoms with Gasteiger partial charge in [0.2, 0.25) is 0 Å². The second-order valence-corrected chi connectivity index (χ2v) is 7.48. The van der Waals surface area contributed by atoms with Crippen LogP contribution in [0.15, 0.2) is 24.3 Å². The zero-order valence-corrected chi connectivity index (χ0v) is 15.7. The number of ether oxygens (including phenoxy) is 2. The van der Waals surface area contributed by atoms with E-state index in [1.165, 1.54) is 0 Å². The zero-order valence-electron chi connectivity index (χ0n) is 15.7. The third-order valence-corrected chi connectivity index (χ3v) is 5.02. The van der Waals surface area contributed by atoms with E-state index in [9.17, 15) is 0 Å². The Hall–Kier alpha value is -2.03. The van der Waals surface area contributed by atoms with Gasteiger partial charge in [-0.15, -0.1) is 5.10 Å². The van der Waals surface area contributed by atoms with Crippen molar-refractivity contribution in [1.82, 2.24) is 25.5 Å². The summed E-state index contributed by atoms with van der Waals surface area (Å²) in [5.41, 5.74) is 2.12. The quantitative estimate of drug-likeness (QED) is 0.858. The number of nitrogens with zero attached hydrogens (tertiary/aromatic N) is 5. The molecule has 1 aromatic heterocycles. The number of aromatic nitrogens is 4. The SMILES string of the molecule is CC(C)N[C@@H]1CO[C@@H]2[C@@H]1OC[C@@H]2n1nnnc1-c1ccc(N(C)C)cc1. The van der Waals surface area contributed by atoms with Crippen molar-refractivity contribution in [3.63, 3.8) is 0 Å². The summed E-state index contributed by atoms with van der Waals surface area (Å²) in [6, 6.07) is 8.81. The summed E-state index contributed by atoms with van der Waals surface area (Å²) >= 11 is 0. The normalized spacial score (nSPS) is 27.9. The highest BCUT2D eigenvalue weighted by molar-refractivity contribution is 5.60. The summed E-state index contributed by atoms with van der Waals surface area (Å²) in [5, 5.41) is 15.9. The number of fused-ring (bicyclic) bond motifs is 1. The lowest BCUT2D eigenvalue weighted by Crippen LogP contribution is -2.44. The van der Waals surface area contributed by atoms with Crippen molar-refractivity contribution in [2.45, 2.75) is 44.2 Å². The molecule has 2 fully saturated rings. The van der Waals surface area contributed by atoms with Gasteiger partial charge in [0.25, 0.3) is 0 Å². The molecule has 1 aromatic carbocycles. The monoisotopic (exact) mass is 358 g/mol. The van der Waals surface area contributed by atoms with Gasteiger partial charge in [0.05, 0.1) is 19.3 Å². The average molecular weight is 358 g/mol. The molecule has 2 aliphatic rings. The van der Waals surface area contributed by atoms with Crippen LogP contribution in [0.3, 0.4) is 0 Å². The largest absolute Gasteiger partial charge is 0.378 e. The van der Waals surface area contributed by atoms with E-state index in [4.69, 9.17) is 9.47 Å². The van der Waals surface area contributed by atoms with Crippen LogP contribution >= 0.6 is 0 Å². The van der Waals surface area contributed by atoms with E-state index < -0.39 is 0 Å². The Balaban J connectivity index is 1.56. The molecule has 0 amide bonds. The first-order chi connectivity index (χ1) is 12.5. The van der Waals surface area contributed by atoms with Crippen LogP contribution in [0.2, 0.25) is 0 Å². The maximum absolute atomic E-state index is 6.06. The first kappa shape index (κ1) is 17.4. The number of tetrazole rings is 1.